The Hall–Kier alpha value is -8.98. The summed E-state index contributed by atoms with van der Waals surface area (Å²) in [7, 11) is 0. The number of hydrogen-bond acceptors (Lipinski definition) is 2. The molecule has 68 heavy (non-hydrogen) atoms. The topological polar surface area (TPSA) is 25.8 Å². The Morgan fingerprint density at radius 1 is 0.221 bits per heavy atom. The molecule has 0 aliphatic carbocycles. The molecule has 0 radical (unpaired) electrons. The molecular weight excluding hydrogens is 821 g/mol. The van der Waals surface area contributed by atoms with Crippen molar-refractivity contribution in [3.63, 3.8) is 0 Å². The summed E-state index contributed by atoms with van der Waals surface area (Å²) in [6.45, 7) is 0. The van der Waals surface area contributed by atoms with Crippen LogP contribution in [0.1, 0.15) is 0 Å². The van der Waals surface area contributed by atoms with Gasteiger partial charge in [-0.25, -0.2) is 9.97 Å². The third-order valence-corrected chi connectivity index (χ3v) is 13.7. The van der Waals surface area contributed by atoms with Crippen LogP contribution in [0.3, 0.4) is 0 Å². The van der Waals surface area contributed by atoms with Crippen molar-refractivity contribution in [1.29, 1.82) is 0 Å². The second-order valence-corrected chi connectivity index (χ2v) is 17.6. The molecule has 0 spiro atoms. The van der Waals surface area contributed by atoms with E-state index in [0.717, 1.165) is 39.2 Å². The lowest BCUT2D eigenvalue weighted by Crippen LogP contribution is -1.96. The highest BCUT2D eigenvalue weighted by Crippen LogP contribution is 2.48. The zero-order valence-electron chi connectivity index (χ0n) is 37.1. The van der Waals surface area contributed by atoms with Crippen LogP contribution in [-0.2, 0) is 0 Å². The summed E-state index contributed by atoms with van der Waals surface area (Å²) in [5, 5.41) is 12.4. The van der Waals surface area contributed by atoms with Crippen LogP contribution in [0.4, 0.5) is 0 Å². The maximum Gasteiger partial charge on any atom is 0.160 e. The first-order chi connectivity index (χ1) is 33.7. The zero-order valence-corrected chi connectivity index (χ0v) is 37.1. The Morgan fingerprint density at radius 2 is 0.706 bits per heavy atom. The van der Waals surface area contributed by atoms with Gasteiger partial charge in [0.15, 0.2) is 5.82 Å². The van der Waals surface area contributed by atoms with Crippen molar-refractivity contribution in [2.24, 2.45) is 0 Å². The van der Waals surface area contributed by atoms with Gasteiger partial charge in [-0.05, 0) is 111 Å². The molecule has 2 nitrogen and oxygen atoms in total. The van der Waals surface area contributed by atoms with Crippen molar-refractivity contribution in [3.05, 3.63) is 255 Å². The molecular formula is C66H42N2. The van der Waals surface area contributed by atoms with Crippen molar-refractivity contribution < 1.29 is 0 Å². The smallest absolute Gasteiger partial charge is 0.160 e. The van der Waals surface area contributed by atoms with E-state index in [1.54, 1.807) is 0 Å². The molecule has 0 amide bonds. The Balaban J connectivity index is 0.937. The highest BCUT2D eigenvalue weighted by atomic mass is 14.9. The molecule has 0 fully saturated rings. The standard InChI is InChI=1S/C66H42N2/c1-3-19-47(20-4-1)63-57-30-13-14-31-58(57)64(60-38-37-44-18-8-10-27-54(44)65(60)63)59-40-39-53(55-28-11-12-29-56(55)59)45-33-35-46(36-34-45)61-42-62(68-66(67-61)48-21-5-2-6-22-48)50-25-15-24-49(41-50)52-32-16-23-43-17-7-9-26-51(43)52/h1-42H. The van der Waals surface area contributed by atoms with Gasteiger partial charge >= 0.3 is 0 Å². The lowest BCUT2D eigenvalue weighted by Gasteiger charge is -2.21. The average Bonchev–Trinajstić information content (AvgIpc) is 3.42. The van der Waals surface area contributed by atoms with Crippen molar-refractivity contribution in [2.45, 2.75) is 0 Å². The molecule has 13 aromatic rings. The Kier molecular flexibility index (Phi) is 9.54. The molecule has 13 rings (SSSR count). The first kappa shape index (κ1) is 39.4. The summed E-state index contributed by atoms with van der Waals surface area (Å²) in [6, 6.07) is 92.0. The minimum atomic E-state index is 0.698. The Labute approximate surface area is 395 Å². The van der Waals surface area contributed by atoms with E-state index in [4.69, 9.17) is 9.97 Å². The summed E-state index contributed by atoms with van der Waals surface area (Å²) >= 11 is 0. The highest BCUT2D eigenvalue weighted by molar-refractivity contribution is 6.29. The van der Waals surface area contributed by atoms with Crippen molar-refractivity contribution in [3.8, 4) is 78.4 Å². The van der Waals surface area contributed by atoms with E-state index in [9.17, 15) is 0 Å². The minimum Gasteiger partial charge on any atom is -0.228 e. The number of benzene rings is 12. The lowest BCUT2D eigenvalue weighted by molar-refractivity contribution is 1.18. The van der Waals surface area contributed by atoms with E-state index in [-0.39, 0.29) is 0 Å². The number of rotatable bonds is 7. The third kappa shape index (κ3) is 6.73. The van der Waals surface area contributed by atoms with E-state index in [1.165, 1.54) is 87.2 Å². The van der Waals surface area contributed by atoms with Crippen LogP contribution >= 0.6 is 0 Å². The molecule has 0 N–H and O–H groups in total. The summed E-state index contributed by atoms with van der Waals surface area (Å²) in [6.07, 6.45) is 0. The van der Waals surface area contributed by atoms with Gasteiger partial charge in [0, 0.05) is 16.7 Å². The summed E-state index contributed by atoms with van der Waals surface area (Å²) in [5.41, 5.74) is 14.5. The number of hydrogen-bond donors (Lipinski definition) is 0. The van der Waals surface area contributed by atoms with Gasteiger partial charge < -0.3 is 0 Å². The van der Waals surface area contributed by atoms with Gasteiger partial charge in [0.25, 0.3) is 0 Å². The predicted molar refractivity (Wildman–Crippen MR) is 288 cm³/mol. The first-order valence-corrected chi connectivity index (χ1v) is 23.3. The molecule has 2 heteroatoms. The fourth-order valence-corrected chi connectivity index (χ4v) is 10.5. The molecule has 1 aromatic heterocycles. The van der Waals surface area contributed by atoms with Gasteiger partial charge in [0.1, 0.15) is 0 Å². The molecule has 0 atom stereocenters. The van der Waals surface area contributed by atoms with Crippen molar-refractivity contribution in [2.75, 3.05) is 0 Å². The van der Waals surface area contributed by atoms with Crippen LogP contribution in [0.5, 0.6) is 0 Å². The van der Waals surface area contributed by atoms with Crippen LogP contribution in [0, 0.1) is 0 Å². The van der Waals surface area contributed by atoms with Gasteiger partial charge in [-0.3, -0.25) is 0 Å². The summed E-state index contributed by atoms with van der Waals surface area (Å²) < 4.78 is 0. The quantitative estimate of drug-likeness (QED) is 0.118. The van der Waals surface area contributed by atoms with Crippen molar-refractivity contribution >= 4 is 53.9 Å². The molecule has 12 aromatic carbocycles. The predicted octanol–water partition coefficient (Wildman–Crippen LogP) is 17.9. The second-order valence-electron chi connectivity index (χ2n) is 17.6. The minimum absolute atomic E-state index is 0.698. The molecule has 316 valence electrons. The zero-order chi connectivity index (χ0) is 45.0. The normalized spacial score (nSPS) is 11.5. The van der Waals surface area contributed by atoms with Gasteiger partial charge in [0.2, 0.25) is 0 Å². The van der Waals surface area contributed by atoms with E-state index in [2.05, 4.69) is 237 Å². The fraction of sp³-hybridized carbons (Fsp3) is 0. The fourth-order valence-electron chi connectivity index (χ4n) is 10.5. The molecule has 0 saturated carbocycles. The lowest BCUT2D eigenvalue weighted by atomic mass is 9.82. The molecule has 0 unspecified atom stereocenters. The number of aromatic nitrogens is 2. The van der Waals surface area contributed by atoms with Crippen LogP contribution in [0.25, 0.3) is 132 Å². The largest absolute Gasteiger partial charge is 0.228 e. The van der Waals surface area contributed by atoms with Gasteiger partial charge in [-0.2, -0.15) is 0 Å². The van der Waals surface area contributed by atoms with Gasteiger partial charge in [-0.15, -0.1) is 0 Å². The number of nitrogens with zero attached hydrogens (tertiary/aromatic N) is 2. The summed E-state index contributed by atoms with van der Waals surface area (Å²) in [5.74, 6) is 0.698. The van der Waals surface area contributed by atoms with Crippen molar-refractivity contribution in [1.82, 2.24) is 9.97 Å². The monoisotopic (exact) mass is 862 g/mol. The van der Waals surface area contributed by atoms with E-state index in [1.807, 2.05) is 18.2 Å². The first-order valence-electron chi connectivity index (χ1n) is 23.3. The molecule has 1 heterocycles. The third-order valence-electron chi connectivity index (χ3n) is 13.7. The molecule has 0 saturated heterocycles. The maximum atomic E-state index is 5.20. The van der Waals surface area contributed by atoms with E-state index >= 15 is 0 Å². The molecule has 0 aliphatic heterocycles. The molecule has 0 bridgehead atoms. The second kappa shape index (κ2) is 16.5. The SMILES string of the molecule is c1ccc(-c2nc(-c3ccc(-c4ccc(-c5c6ccccc6c(-c6ccccc6)c6c5ccc5ccccc56)c5ccccc45)cc3)cc(-c3cccc(-c4cccc5ccccc45)c3)n2)cc1. The Bertz CT molecular complexity index is 4060. The number of fused-ring (bicyclic) bond motifs is 6. The Morgan fingerprint density at radius 3 is 1.44 bits per heavy atom. The average molecular weight is 863 g/mol. The van der Waals surface area contributed by atoms with Gasteiger partial charge in [-0.1, -0.05) is 243 Å². The van der Waals surface area contributed by atoms with Crippen LogP contribution < -0.4 is 0 Å². The van der Waals surface area contributed by atoms with Crippen LogP contribution in [0.2, 0.25) is 0 Å². The van der Waals surface area contributed by atoms with E-state index < -0.39 is 0 Å². The van der Waals surface area contributed by atoms with Crippen LogP contribution in [-0.4, -0.2) is 9.97 Å². The van der Waals surface area contributed by atoms with Gasteiger partial charge in [0.05, 0.1) is 11.4 Å². The van der Waals surface area contributed by atoms with E-state index in [0.29, 0.717) is 5.82 Å². The summed E-state index contributed by atoms with van der Waals surface area (Å²) in [4.78, 5) is 10.4. The highest BCUT2D eigenvalue weighted by Gasteiger charge is 2.21. The maximum absolute atomic E-state index is 5.20. The van der Waals surface area contributed by atoms with Crippen LogP contribution in [0.15, 0.2) is 255 Å². The molecule has 0 aliphatic rings.